The van der Waals surface area contributed by atoms with Crippen molar-refractivity contribution in [3.8, 4) is 0 Å². The van der Waals surface area contributed by atoms with Crippen LogP contribution in [0.4, 0.5) is 0 Å². The van der Waals surface area contributed by atoms with E-state index in [2.05, 4.69) is 10.3 Å². The minimum Gasteiger partial charge on any atom is -0.391 e. The number of aliphatic hydroxyl groups is 1. The quantitative estimate of drug-likeness (QED) is 0.767. The van der Waals surface area contributed by atoms with E-state index in [0.717, 1.165) is 11.3 Å². The normalized spacial score (nSPS) is 12.5. The van der Waals surface area contributed by atoms with Crippen LogP contribution in [0.15, 0.2) is 30.6 Å². The summed E-state index contributed by atoms with van der Waals surface area (Å²) in [7, 11) is 1.53. The number of nitrogens with one attached hydrogen (secondary N) is 1. The predicted octanol–water partition coefficient (Wildman–Crippen LogP) is 0.390. The molecule has 1 amide bonds. The second kappa shape index (κ2) is 7.02. The van der Waals surface area contributed by atoms with Crippen LogP contribution < -0.4 is 5.32 Å². The fraction of sp³-hybridized carbons (Fsp3) is 0.429. The topological polar surface area (TPSA) is 75.9 Å². The number of fused-ring (bicyclic) bond motifs is 1. The molecule has 0 bridgehead atoms. The summed E-state index contributed by atoms with van der Waals surface area (Å²) < 4.78 is 6.69. The molecule has 0 saturated carbocycles. The van der Waals surface area contributed by atoms with E-state index >= 15 is 0 Å². The Kier molecular flexibility index (Phi) is 5.09. The second-order valence-corrected chi connectivity index (χ2v) is 4.62. The smallest absolute Gasteiger partial charge is 0.226 e. The molecular weight excluding hydrogens is 258 g/mol. The van der Waals surface area contributed by atoms with Crippen LogP contribution >= 0.6 is 0 Å². The number of carbonyl (C=O) groups is 1. The Labute approximate surface area is 117 Å². The van der Waals surface area contributed by atoms with Crippen LogP contribution in [0.3, 0.4) is 0 Å². The monoisotopic (exact) mass is 277 g/mol. The number of ether oxygens (including phenoxy) is 1. The summed E-state index contributed by atoms with van der Waals surface area (Å²) in [6.07, 6.45) is 3.90. The number of hydrogen-bond donors (Lipinski definition) is 2. The zero-order valence-electron chi connectivity index (χ0n) is 11.5. The van der Waals surface area contributed by atoms with E-state index in [0.29, 0.717) is 13.0 Å². The first-order chi connectivity index (χ1) is 9.69. The highest BCUT2D eigenvalue weighted by Crippen LogP contribution is 2.05. The van der Waals surface area contributed by atoms with Gasteiger partial charge in [0.25, 0.3) is 0 Å². The van der Waals surface area contributed by atoms with Gasteiger partial charge < -0.3 is 19.6 Å². The average molecular weight is 277 g/mol. The Hall–Kier alpha value is -1.92. The van der Waals surface area contributed by atoms with Gasteiger partial charge in [0, 0.05) is 26.0 Å². The standard InChI is InChI=1S/C14H19N3O3/c1-20-10-12(18)5-6-15-14(19)8-11-9-17-7-3-2-4-13(17)16-11/h2-4,7,9,12,18H,5-6,8,10H2,1H3,(H,15,19). The van der Waals surface area contributed by atoms with Crippen LogP contribution in [0.2, 0.25) is 0 Å². The molecule has 0 aliphatic carbocycles. The maximum atomic E-state index is 11.8. The van der Waals surface area contributed by atoms with Crippen molar-refractivity contribution in [3.05, 3.63) is 36.3 Å². The molecule has 1 unspecified atom stereocenters. The van der Waals surface area contributed by atoms with Crippen LogP contribution in [0.25, 0.3) is 5.65 Å². The Morgan fingerprint density at radius 3 is 3.15 bits per heavy atom. The number of nitrogens with zero attached hydrogens (tertiary/aromatic N) is 2. The molecule has 2 rings (SSSR count). The third-order valence-corrected chi connectivity index (χ3v) is 2.91. The predicted molar refractivity (Wildman–Crippen MR) is 74.4 cm³/mol. The number of rotatable bonds is 7. The lowest BCUT2D eigenvalue weighted by molar-refractivity contribution is -0.120. The van der Waals surface area contributed by atoms with Crippen molar-refractivity contribution < 1.29 is 14.6 Å². The first-order valence-electron chi connectivity index (χ1n) is 6.55. The molecule has 2 N–H and O–H groups in total. The fourth-order valence-corrected chi connectivity index (χ4v) is 1.95. The molecule has 0 aliphatic heterocycles. The van der Waals surface area contributed by atoms with E-state index in [1.165, 1.54) is 7.11 Å². The SMILES string of the molecule is COCC(O)CCNC(=O)Cc1cn2ccccc2n1. The van der Waals surface area contributed by atoms with Crippen molar-refractivity contribution in [3.63, 3.8) is 0 Å². The Morgan fingerprint density at radius 2 is 2.40 bits per heavy atom. The van der Waals surface area contributed by atoms with Gasteiger partial charge in [0.1, 0.15) is 5.65 Å². The first-order valence-corrected chi connectivity index (χ1v) is 6.55. The molecular formula is C14H19N3O3. The molecule has 20 heavy (non-hydrogen) atoms. The summed E-state index contributed by atoms with van der Waals surface area (Å²) in [5.74, 6) is -0.0991. The fourth-order valence-electron chi connectivity index (χ4n) is 1.95. The van der Waals surface area contributed by atoms with Gasteiger partial charge >= 0.3 is 0 Å². The number of aliphatic hydroxyl groups excluding tert-OH is 1. The molecule has 0 spiro atoms. The number of imidazole rings is 1. The van der Waals surface area contributed by atoms with Gasteiger partial charge in [-0.15, -0.1) is 0 Å². The van der Waals surface area contributed by atoms with Crippen molar-refractivity contribution in [2.24, 2.45) is 0 Å². The van der Waals surface area contributed by atoms with Crippen LogP contribution in [-0.2, 0) is 16.0 Å². The van der Waals surface area contributed by atoms with E-state index in [1.807, 2.05) is 35.0 Å². The third-order valence-electron chi connectivity index (χ3n) is 2.91. The highest BCUT2D eigenvalue weighted by molar-refractivity contribution is 5.78. The van der Waals surface area contributed by atoms with Crippen LogP contribution in [-0.4, -0.2) is 46.8 Å². The number of hydrogen-bond acceptors (Lipinski definition) is 4. The van der Waals surface area contributed by atoms with Crippen molar-refractivity contribution in [2.45, 2.75) is 18.9 Å². The lowest BCUT2D eigenvalue weighted by Crippen LogP contribution is -2.29. The van der Waals surface area contributed by atoms with Crippen molar-refractivity contribution in [1.29, 1.82) is 0 Å². The molecule has 108 valence electrons. The van der Waals surface area contributed by atoms with Gasteiger partial charge in [-0.2, -0.15) is 0 Å². The Bertz CT molecular complexity index is 535. The number of amides is 1. The summed E-state index contributed by atoms with van der Waals surface area (Å²) in [4.78, 5) is 16.1. The van der Waals surface area contributed by atoms with E-state index in [1.54, 1.807) is 0 Å². The molecule has 6 nitrogen and oxygen atoms in total. The molecule has 6 heteroatoms. The molecule has 2 aromatic heterocycles. The van der Waals surface area contributed by atoms with Crippen molar-refractivity contribution >= 4 is 11.6 Å². The molecule has 2 aromatic rings. The summed E-state index contributed by atoms with van der Waals surface area (Å²) in [6.45, 7) is 0.707. The highest BCUT2D eigenvalue weighted by atomic mass is 16.5. The lowest BCUT2D eigenvalue weighted by Gasteiger charge is -2.09. The number of pyridine rings is 1. The van der Waals surface area contributed by atoms with Gasteiger partial charge in [0.05, 0.1) is 24.8 Å². The third kappa shape index (κ3) is 4.04. The molecule has 2 heterocycles. The number of aromatic nitrogens is 2. The lowest BCUT2D eigenvalue weighted by atomic mass is 10.2. The summed E-state index contributed by atoms with van der Waals surface area (Å²) in [6, 6.07) is 5.71. The van der Waals surface area contributed by atoms with Gasteiger partial charge in [0.2, 0.25) is 5.91 Å². The Balaban J connectivity index is 1.79. The molecule has 0 aromatic carbocycles. The summed E-state index contributed by atoms with van der Waals surface area (Å²) in [5.41, 5.74) is 1.55. The van der Waals surface area contributed by atoms with Crippen LogP contribution in [0.5, 0.6) is 0 Å². The van der Waals surface area contributed by atoms with Gasteiger partial charge in [0.15, 0.2) is 0 Å². The summed E-state index contributed by atoms with van der Waals surface area (Å²) in [5, 5.41) is 12.2. The second-order valence-electron chi connectivity index (χ2n) is 4.62. The highest BCUT2D eigenvalue weighted by Gasteiger charge is 2.08. The van der Waals surface area contributed by atoms with Crippen LogP contribution in [0, 0.1) is 0 Å². The maximum absolute atomic E-state index is 11.8. The van der Waals surface area contributed by atoms with Gasteiger partial charge in [-0.1, -0.05) is 6.07 Å². The molecule has 0 saturated heterocycles. The van der Waals surface area contributed by atoms with Gasteiger partial charge in [-0.05, 0) is 18.6 Å². The zero-order chi connectivity index (χ0) is 14.4. The molecule has 0 radical (unpaired) electrons. The minimum atomic E-state index is -0.546. The first kappa shape index (κ1) is 14.5. The molecule has 0 fully saturated rings. The van der Waals surface area contributed by atoms with E-state index < -0.39 is 6.10 Å². The summed E-state index contributed by atoms with van der Waals surface area (Å²) >= 11 is 0. The minimum absolute atomic E-state index is 0.0991. The van der Waals surface area contributed by atoms with Gasteiger partial charge in [-0.25, -0.2) is 4.98 Å². The molecule has 1 atom stereocenters. The largest absolute Gasteiger partial charge is 0.391 e. The average Bonchev–Trinajstić information content (AvgIpc) is 2.80. The van der Waals surface area contributed by atoms with E-state index in [4.69, 9.17) is 4.74 Å². The van der Waals surface area contributed by atoms with E-state index in [-0.39, 0.29) is 18.9 Å². The number of carbonyl (C=O) groups excluding carboxylic acids is 1. The van der Waals surface area contributed by atoms with Crippen LogP contribution in [0.1, 0.15) is 12.1 Å². The number of methoxy groups -OCH3 is 1. The van der Waals surface area contributed by atoms with Crippen molar-refractivity contribution in [1.82, 2.24) is 14.7 Å². The Morgan fingerprint density at radius 1 is 1.55 bits per heavy atom. The van der Waals surface area contributed by atoms with Gasteiger partial charge in [-0.3, -0.25) is 4.79 Å². The van der Waals surface area contributed by atoms with E-state index in [9.17, 15) is 9.90 Å². The maximum Gasteiger partial charge on any atom is 0.226 e. The zero-order valence-corrected chi connectivity index (χ0v) is 11.5. The molecule has 0 aliphatic rings. The van der Waals surface area contributed by atoms with Crippen molar-refractivity contribution in [2.75, 3.05) is 20.3 Å².